The van der Waals surface area contributed by atoms with Crippen LogP contribution in [0.25, 0.3) is 0 Å². The van der Waals surface area contributed by atoms with Gasteiger partial charge in [-0.2, -0.15) is 0 Å². The molecule has 2 aliphatic rings. The molecule has 148 valence electrons. The zero-order valence-electron chi connectivity index (χ0n) is 16.1. The highest BCUT2D eigenvalue weighted by Gasteiger charge is 2.35. The summed E-state index contributed by atoms with van der Waals surface area (Å²) < 4.78 is 0. The first-order chi connectivity index (χ1) is 13.0. The van der Waals surface area contributed by atoms with Crippen molar-refractivity contribution in [3.05, 3.63) is 29.3 Å². The van der Waals surface area contributed by atoms with Gasteiger partial charge < -0.3 is 15.1 Å². The van der Waals surface area contributed by atoms with Crippen molar-refractivity contribution in [3.8, 4) is 0 Å². The average Bonchev–Trinajstić information content (AvgIpc) is 3.03. The van der Waals surface area contributed by atoms with E-state index in [0.717, 1.165) is 31.0 Å². The zero-order valence-corrected chi connectivity index (χ0v) is 16.9. The Morgan fingerprint density at radius 1 is 1.30 bits per heavy atom. The molecule has 0 bridgehead atoms. The Balaban J connectivity index is 1.37. The number of likely N-dealkylation sites (tertiary alicyclic amines) is 1. The standard InChI is InChI=1S/C21H30ClN3O2/c1-16-6-5-11-24(14-16)10-3-2-9-23-21(27)17-12-20(26)25(15-17)19-8-4-7-18(22)13-19/h4,7-8,13,16-17H,2-3,5-6,9-12,14-15H2,1H3,(H,23,27). The zero-order chi connectivity index (χ0) is 19.2. The SMILES string of the molecule is CC1CCCN(CCCCNC(=O)C2CC(=O)N(c3cccc(Cl)c3)C2)C1. The van der Waals surface area contributed by atoms with Crippen molar-refractivity contribution < 1.29 is 9.59 Å². The Hall–Kier alpha value is -1.59. The average molecular weight is 392 g/mol. The van der Waals surface area contributed by atoms with Gasteiger partial charge >= 0.3 is 0 Å². The molecule has 1 aromatic carbocycles. The molecular formula is C21H30ClN3O2. The smallest absolute Gasteiger partial charge is 0.227 e. The van der Waals surface area contributed by atoms with Gasteiger partial charge in [0.15, 0.2) is 0 Å². The molecular weight excluding hydrogens is 362 g/mol. The number of rotatable bonds is 7. The third kappa shape index (κ3) is 5.69. The van der Waals surface area contributed by atoms with E-state index in [1.54, 1.807) is 17.0 Å². The van der Waals surface area contributed by atoms with Crippen LogP contribution in [0.5, 0.6) is 0 Å². The molecule has 0 spiro atoms. The summed E-state index contributed by atoms with van der Waals surface area (Å²) in [5.41, 5.74) is 0.763. The van der Waals surface area contributed by atoms with Crippen LogP contribution in [-0.2, 0) is 9.59 Å². The molecule has 5 nitrogen and oxygen atoms in total. The second-order valence-electron chi connectivity index (χ2n) is 7.93. The fraction of sp³-hybridized carbons (Fsp3) is 0.619. The van der Waals surface area contributed by atoms with Crippen molar-refractivity contribution in [2.24, 2.45) is 11.8 Å². The van der Waals surface area contributed by atoms with Gasteiger partial charge in [-0.3, -0.25) is 9.59 Å². The van der Waals surface area contributed by atoms with E-state index in [1.165, 1.54) is 25.9 Å². The molecule has 2 fully saturated rings. The number of halogens is 1. The Morgan fingerprint density at radius 3 is 2.93 bits per heavy atom. The van der Waals surface area contributed by atoms with Crippen LogP contribution in [0.4, 0.5) is 5.69 Å². The molecule has 6 heteroatoms. The molecule has 2 unspecified atom stereocenters. The van der Waals surface area contributed by atoms with Crippen LogP contribution in [0.3, 0.4) is 0 Å². The maximum absolute atomic E-state index is 12.4. The van der Waals surface area contributed by atoms with Gasteiger partial charge in [0.05, 0.1) is 5.92 Å². The lowest BCUT2D eigenvalue weighted by Gasteiger charge is -2.30. The molecule has 1 aromatic rings. The van der Waals surface area contributed by atoms with E-state index in [4.69, 9.17) is 11.6 Å². The predicted octanol–water partition coefficient (Wildman–Crippen LogP) is 3.32. The van der Waals surface area contributed by atoms with Crippen molar-refractivity contribution in [2.45, 2.75) is 39.0 Å². The molecule has 2 aliphatic heterocycles. The van der Waals surface area contributed by atoms with Gasteiger partial charge in [-0.1, -0.05) is 24.6 Å². The minimum atomic E-state index is -0.278. The molecule has 3 rings (SSSR count). The van der Waals surface area contributed by atoms with E-state index in [0.29, 0.717) is 18.1 Å². The second kappa shape index (κ2) is 9.56. The maximum Gasteiger partial charge on any atom is 0.227 e. The molecule has 1 N–H and O–H groups in total. The molecule has 0 aromatic heterocycles. The summed E-state index contributed by atoms with van der Waals surface area (Å²) in [6.07, 6.45) is 5.00. The molecule has 2 amide bonds. The summed E-state index contributed by atoms with van der Waals surface area (Å²) in [7, 11) is 0. The van der Waals surface area contributed by atoms with Crippen LogP contribution < -0.4 is 10.2 Å². The number of carbonyl (C=O) groups is 2. The normalized spacial score (nSPS) is 23.6. The highest BCUT2D eigenvalue weighted by molar-refractivity contribution is 6.30. The number of nitrogens with one attached hydrogen (secondary N) is 1. The summed E-state index contributed by atoms with van der Waals surface area (Å²) in [6, 6.07) is 7.22. The van der Waals surface area contributed by atoms with Gasteiger partial charge in [0.2, 0.25) is 11.8 Å². The van der Waals surface area contributed by atoms with Crippen LogP contribution in [0.15, 0.2) is 24.3 Å². The fourth-order valence-electron chi connectivity index (χ4n) is 4.08. The van der Waals surface area contributed by atoms with E-state index >= 15 is 0 Å². The lowest BCUT2D eigenvalue weighted by molar-refractivity contribution is -0.126. The minimum absolute atomic E-state index is 0.0144. The van der Waals surface area contributed by atoms with E-state index in [9.17, 15) is 9.59 Å². The number of unbranched alkanes of at least 4 members (excludes halogenated alkanes) is 1. The number of hydrogen-bond acceptors (Lipinski definition) is 3. The second-order valence-corrected chi connectivity index (χ2v) is 8.37. The van der Waals surface area contributed by atoms with Gasteiger partial charge in [-0.05, 0) is 62.9 Å². The summed E-state index contributed by atoms with van der Waals surface area (Å²) in [5.74, 6) is 0.497. The number of carbonyl (C=O) groups excluding carboxylic acids is 2. The predicted molar refractivity (Wildman–Crippen MR) is 109 cm³/mol. The van der Waals surface area contributed by atoms with Crippen molar-refractivity contribution in [3.63, 3.8) is 0 Å². The van der Waals surface area contributed by atoms with Crippen LogP contribution in [0.1, 0.15) is 39.0 Å². The van der Waals surface area contributed by atoms with Crippen molar-refractivity contribution in [2.75, 3.05) is 37.6 Å². The van der Waals surface area contributed by atoms with Gasteiger partial charge in [0, 0.05) is 36.8 Å². The minimum Gasteiger partial charge on any atom is -0.356 e. The Kier molecular flexibility index (Phi) is 7.13. The first kappa shape index (κ1) is 20.2. The maximum atomic E-state index is 12.4. The number of anilines is 1. The molecule has 27 heavy (non-hydrogen) atoms. The first-order valence-electron chi connectivity index (χ1n) is 10.1. The van der Waals surface area contributed by atoms with Crippen molar-refractivity contribution >= 4 is 29.1 Å². The number of benzene rings is 1. The summed E-state index contributed by atoms with van der Waals surface area (Å²) in [4.78, 5) is 28.9. The number of amides is 2. The first-order valence-corrected chi connectivity index (χ1v) is 10.5. The molecule has 0 saturated carbocycles. The third-order valence-corrected chi connectivity index (χ3v) is 5.79. The largest absolute Gasteiger partial charge is 0.356 e. The van der Waals surface area contributed by atoms with Crippen molar-refractivity contribution in [1.82, 2.24) is 10.2 Å². The molecule has 2 saturated heterocycles. The van der Waals surface area contributed by atoms with Crippen LogP contribution in [-0.4, -0.2) is 49.4 Å². The lowest BCUT2D eigenvalue weighted by Crippen LogP contribution is -2.36. The van der Waals surface area contributed by atoms with E-state index < -0.39 is 0 Å². The Labute approximate surface area is 167 Å². The topological polar surface area (TPSA) is 52.7 Å². The summed E-state index contributed by atoms with van der Waals surface area (Å²) in [6.45, 7) is 6.96. The Bertz CT molecular complexity index is 667. The number of hydrogen-bond donors (Lipinski definition) is 1. The van der Waals surface area contributed by atoms with Gasteiger partial charge in [0.25, 0.3) is 0 Å². The lowest BCUT2D eigenvalue weighted by atomic mass is 10.0. The number of nitrogens with zero attached hydrogens (tertiary/aromatic N) is 2. The third-order valence-electron chi connectivity index (χ3n) is 5.56. The Morgan fingerprint density at radius 2 is 2.15 bits per heavy atom. The number of piperidine rings is 1. The summed E-state index contributed by atoms with van der Waals surface area (Å²) in [5, 5.41) is 3.61. The van der Waals surface area contributed by atoms with Crippen LogP contribution >= 0.6 is 11.6 Å². The van der Waals surface area contributed by atoms with E-state index in [-0.39, 0.29) is 24.2 Å². The fourth-order valence-corrected chi connectivity index (χ4v) is 4.27. The van der Waals surface area contributed by atoms with Crippen LogP contribution in [0.2, 0.25) is 5.02 Å². The van der Waals surface area contributed by atoms with Gasteiger partial charge in [0.1, 0.15) is 0 Å². The van der Waals surface area contributed by atoms with Gasteiger partial charge in [-0.15, -0.1) is 0 Å². The van der Waals surface area contributed by atoms with Crippen molar-refractivity contribution in [1.29, 1.82) is 0 Å². The van der Waals surface area contributed by atoms with E-state index in [1.807, 2.05) is 12.1 Å². The monoisotopic (exact) mass is 391 g/mol. The van der Waals surface area contributed by atoms with Crippen LogP contribution in [0, 0.1) is 11.8 Å². The molecule has 2 atom stereocenters. The summed E-state index contributed by atoms with van der Waals surface area (Å²) >= 11 is 6.01. The molecule has 0 aliphatic carbocycles. The quantitative estimate of drug-likeness (QED) is 0.725. The molecule has 2 heterocycles. The highest BCUT2D eigenvalue weighted by Crippen LogP contribution is 2.27. The van der Waals surface area contributed by atoms with E-state index in [2.05, 4.69) is 17.1 Å². The molecule has 0 radical (unpaired) electrons. The van der Waals surface area contributed by atoms with Gasteiger partial charge in [-0.25, -0.2) is 0 Å². The highest BCUT2D eigenvalue weighted by atomic mass is 35.5.